The Hall–Kier alpha value is -2.82. The van der Waals surface area contributed by atoms with Crippen molar-refractivity contribution in [1.82, 2.24) is 4.90 Å². The summed E-state index contributed by atoms with van der Waals surface area (Å²) in [6, 6.07) is 17.7. The van der Waals surface area contributed by atoms with Gasteiger partial charge < -0.3 is 9.47 Å². The van der Waals surface area contributed by atoms with E-state index in [-0.39, 0.29) is 12.1 Å². The molecule has 3 rings (SSSR count). The smallest absolute Gasteiger partial charge is 0.411 e. The van der Waals surface area contributed by atoms with Crippen molar-refractivity contribution in [3.05, 3.63) is 71.8 Å². The van der Waals surface area contributed by atoms with Crippen molar-refractivity contribution < 1.29 is 19.1 Å². The van der Waals surface area contributed by atoms with E-state index in [2.05, 4.69) is 0 Å². The topological polar surface area (TPSA) is 55.8 Å². The van der Waals surface area contributed by atoms with Crippen LogP contribution in [0, 0.1) is 0 Å². The lowest BCUT2D eigenvalue weighted by Crippen LogP contribution is -2.43. The average molecular weight is 353 g/mol. The van der Waals surface area contributed by atoms with Crippen LogP contribution in [0.1, 0.15) is 44.0 Å². The number of nitrogens with zero attached hydrogens (tertiary/aromatic N) is 1. The number of ether oxygens (including phenoxy) is 2. The third-order valence-corrected chi connectivity index (χ3v) is 4.45. The van der Waals surface area contributed by atoms with Crippen LogP contribution >= 0.6 is 0 Å². The number of carbonyl (C=O) groups excluding carboxylic acids is 2. The molecule has 1 fully saturated rings. The summed E-state index contributed by atoms with van der Waals surface area (Å²) in [7, 11) is 0. The Morgan fingerprint density at radius 1 is 1.00 bits per heavy atom. The van der Waals surface area contributed by atoms with Gasteiger partial charge in [0, 0.05) is 0 Å². The third kappa shape index (κ3) is 3.57. The standard InChI is InChI=1S/C21H23NO4/c1-14(2)25-20(23)18-19(17-12-8-5-9-13-17)26-21(24)22(18)15(3)16-10-6-4-7-11-16/h4-15,18-19H,1-3H3. The number of hydrogen-bond donors (Lipinski definition) is 0. The Balaban J connectivity index is 1.98. The van der Waals surface area contributed by atoms with Crippen LogP contribution in [0.2, 0.25) is 0 Å². The second-order valence-electron chi connectivity index (χ2n) is 6.64. The molecular weight excluding hydrogens is 330 g/mol. The molecule has 3 unspecified atom stereocenters. The summed E-state index contributed by atoms with van der Waals surface area (Å²) < 4.78 is 11.0. The first-order valence-electron chi connectivity index (χ1n) is 8.78. The molecule has 0 radical (unpaired) electrons. The molecule has 1 heterocycles. The molecule has 0 N–H and O–H groups in total. The molecule has 0 aliphatic carbocycles. The normalized spacial score (nSPS) is 20.8. The number of hydrogen-bond acceptors (Lipinski definition) is 4. The van der Waals surface area contributed by atoms with Gasteiger partial charge in [0.1, 0.15) is 0 Å². The van der Waals surface area contributed by atoms with E-state index in [0.717, 1.165) is 11.1 Å². The van der Waals surface area contributed by atoms with Crippen LogP contribution in [0.4, 0.5) is 4.79 Å². The van der Waals surface area contributed by atoms with Gasteiger partial charge in [-0.15, -0.1) is 0 Å². The van der Waals surface area contributed by atoms with Crippen LogP contribution in [0.3, 0.4) is 0 Å². The largest absolute Gasteiger partial charge is 0.461 e. The molecule has 1 amide bonds. The van der Waals surface area contributed by atoms with E-state index in [0.29, 0.717) is 0 Å². The summed E-state index contributed by atoms with van der Waals surface area (Å²) in [5.41, 5.74) is 1.70. The molecule has 5 heteroatoms. The average Bonchev–Trinajstić information content (AvgIpc) is 2.99. The summed E-state index contributed by atoms with van der Waals surface area (Å²) in [6.07, 6.45) is -1.48. The lowest BCUT2D eigenvalue weighted by molar-refractivity contribution is -0.154. The van der Waals surface area contributed by atoms with E-state index < -0.39 is 24.2 Å². The molecule has 136 valence electrons. The van der Waals surface area contributed by atoms with Crippen molar-refractivity contribution >= 4 is 12.1 Å². The van der Waals surface area contributed by atoms with Gasteiger partial charge in [-0.05, 0) is 31.9 Å². The zero-order valence-electron chi connectivity index (χ0n) is 15.2. The quantitative estimate of drug-likeness (QED) is 0.754. The number of cyclic esters (lactones) is 1. The van der Waals surface area contributed by atoms with E-state index in [4.69, 9.17) is 9.47 Å². The van der Waals surface area contributed by atoms with Gasteiger partial charge in [0.2, 0.25) is 0 Å². The van der Waals surface area contributed by atoms with Gasteiger partial charge in [0.15, 0.2) is 12.1 Å². The van der Waals surface area contributed by atoms with Crippen molar-refractivity contribution in [2.75, 3.05) is 0 Å². The molecule has 0 bridgehead atoms. The SMILES string of the molecule is CC(C)OC(=O)C1C(c2ccccc2)OC(=O)N1C(C)c1ccccc1. The van der Waals surface area contributed by atoms with Crippen LogP contribution in [0.15, 0.2) is 60.7 Å². The molecule has 5 nitrogen and oxygen atoms in total. The van der Waals surface area contributed by atoms with Gasteiger partial charge in [0.25, 0.3) is 0 Å². The fourth-order valence-corrected chi connectivity index (χ4v) is 3.22. The molecule has 2 aromatic carbocycles. The highest BCUT2D eigenvalue weighted by molar-refractivity contribution is 5.86. The highest BCUT2D eigenvalue weighted by Crippen LogP contribution is 2.38. The van der Waals surface area contributed by atoms with Crippen LogP contribution < -0.4 is 0 Å². The molecule has 1 aliphatic heterocycles. The van der Waals surface area contributed by atoms with E-state index in [9.17, 15) is 9.59 Å². The number of benzene rings is 2. The van der Waals surface area contributed by atoms with E-state index in [1.54, 1.807) is 13.8 Å². The summed E-state index contributed by atoms with van der Waals surface area (Å²) in [6.45, 7) is 5.47. The van der Waals surface area contributed by atoms with Crippen molar-refractivity contribution in [2.45, 2.75) is 45.1 Å². The molecule has 2 aromatic rings. The Morgan fingerprint density at radius 3 is 2.15 bits per heavy atom. The lowest BCUT2D eigenvalue weighted by Gasteiger charge is -2.29. The molecule has 26 heavy (non-hydrogen) atoms. The number of carbonyl (C=O) groups is 2. The summed E-state index contributed by atoms with van der Waals surface area (Å²) in [5, 5.41) is 0. The second-order valence-corrected chi connectivity index (χ2v) is 6.64. The number of esters is 1. The van der Waals surface area contributed by atoms with Gasteiger partial charge in [-0.3, -0.25) is 4.90 Å². The molecule has 1 aliphatic rings. The summed E-state index contributed by atoms with van der Waals surface area (Å²) >= 11 is 0. The molecule has 3 atom stereocenters. The fourth-order valence-electron chi connectivity index (χ4n) is 3.22. The predicted molar refractivity (Wildman–Crippen MR) is 97.4 cm³/mol. The van der Waals surface area contributed by atoms with E-state index >= 15 is 0 Å². The first-order valence-corrected chi connectivity index (χ1v) is 8.78. The van der Waals surface area contributed by atoms with Crippen LogP contribution in [0.5, 0.6) is 0 Å². The van der Waals surface area contributed by atoms with Crippen LogP contribution in [-0.2, 0) is 14.3 Å². The maximum atomic E-state index is 12.8. The summed E-state index contributed by atoms with van der Waals surface area (Å²) in [5.74, 6) is -0.456. The van der Waals surface area contributed by atoms with Gasteiger partial charge in [-0.1, -0.05) is 60.7 Å². The Kier molecular flexibility index (Phi) is 5.26. The predicted octanol–water partition coefficient (Wildman–Crippen LogP) is 4.26. The molecule has 0 spiro atoms. The highest BCUT2D eigenvalue weighted by Gasteiger charge is 2.50. The lowest BCUT2D eigenvalue weighted by atomic mass is 9.99. The maximum absolute atomic E-state index is 12.8. The van der Waals surface area contributed by atoms with Gasteiger partial charge in [-0.2, -0.15) is 0 Å². The number of amides is 1. The molecule has 0 saturated carbocycles. The first kappa shape index (κ1) is 18.0. The third-order valence-electron chi connectivity index (χ3n) is 4.45. The minimum atomic E-state index is -0.831. The van der Waals surface area contributed by atoms with Crippen molar-refractivity contribution in [3.63, 3.8) is 0 Å². The molecular formula is C21H23NO4. The second kappa shape index (κ2) is 7.60. The maximum Gasteiger partial charge on any atom is 0.411 e. The Bertz CT molecular complexity index is 760. The van der Waals surface area contributed by atoms with Crippen molar-refractivity contribution in [3.8, 4) is 0 Å². The highest BCUT2D eigenvalue weighted by atomic mass is 16.6. The zero-order valence-corrected chi connectivity index (χ0v) is 15.2. The fraction of sp³-hybridized carbons (Fsp3) is 0.333. The van der Waals surface area contributed by atoms with Crippen LogP contribution in [0.25, 0.3) is 0 Å². The van der Waals surface area contributed by atoms with Gasteiger partial charge >= 0.3 is 12.1 Å². The van der Waals surface area contributed by atoms with Gasteiger partial charge in [0.05, 0.1) is 12.1 Å². The minimum absolute atomic E-state index is 0.275. The van der Waals surface area contributed by atoms with Gasteiger partial charge in [-0.25, -0.2) is 9.59 Å². The van der Waals surface area contributed by atoms with Crippen LogP contribution in [-0.4, -0.2) is 29.1 Å². The molecule has 0 aromatic heterocycles. The molecule has 1 saturated heterocycles. The minimum Gasteiger partial charge on any atom is -0.461 e. The Morgan fingerprint density at radius 2 is 1.58 bits per heavy atom. The monoisotopic (exact) mass is 353 g/mol. The van der Waals surface area contributed by atoms with E-state index in [1.165, 1.54) is 4.90 Å². The first-order chi connectivity index (χ1) is 12.5. The Labute approximate surface area is 153 Å². The zero-order chi connectivity index (χ0) is 18.7. The number of rotatable bonds is 5. The van der Waals surface area contributed by atoms with Crippen molar-refractivity contribution in [1.29, 1.82) is 0 Å². The van der Waals surface area contributed by atoms with E-state index in [1.807, 2.05) is 67.6 Å². The van der Waals surface area contributed by atoms with Crippen molar-refractivity contribution in [2.24, 2.45) is 0 Å². The summed E-state index contributed by atoms with van der Waals surface area (Å²) in [4.78, 5) is 27.0.